The number of hydrogen-bond acceptors (Lipinski definition) is 4. The van der Waals surface area contributed by atoms with Crippen LogP contribution in [0.25, 0.3) is 0 Å². The quantitative estimate of drug-likeness (QED) is 0.764. The van der Waals surface area contributed by atoms with E-state index in [0.717, 1.165) is 0 Å². The van der Waals surface area contributed by atoms with E-state index in [0.29, 0.717) is 23.6 Å². The van der Waals surface area contributed by atoms with Gasteiger partial charge in [-0.2, -0.15) is 0 Å². The summed E-state index contributed by atoms with van der Waals surface area (Å²) in [5.41, 5.74) is 0.514. The molecule has 1 aromatic heterocycles. The minimum atomic E-state index is -0.419. The van der Waals surface area contributed by atoms with Crippen molar-refractivity contribution in [2.75, 3.05) is 12.8 Å². The Balaban J connectivity index is 2.11. The molecule has 5 nitrogen and oxygen atoms in total. The molecule has 90 valence electrons. The summed E-state index contributed by atoms with van der Waals surface area (Å²) in [5, 5.41) is 6.07. The molecular weight excluding hydrogens is 238 g/mol. The maximum absolute atomic E-state index is 12.0. The average molecular weight is 251 g/mol. The van der Waals surface area contributed by atoms with E-state index >= 15 is 0 Å². The second-order valence-electron chi connectivity index (χ2n) is 3.67. The van der Waals surface area contributed by atoms with Gasteiger partial charge in [0.1, 0.15) is 11.1 Å². The lowest BCUT2D eigenvalue weighted by atomic mass is 10.2. The Kier molecular flexibility index (Phi) is 3.63. The van der Waals surface area contributed by atoms with Gasteiger partial charge in [-0.25, -0.2) is 4.98 Å². The highest BCUT2D eigenvalue weighted by atomic mass is 32.2. The van der Waals surface area contributed by atoms with E-state index in [4.69, 9.17) is 0 Å². The first kappa shape index (κ1) is 11.9. The van der Waals surface area contributed by atoms with Gasteiger partial charge in [-0.15, -0.1) is 11.8 Å². The number of amides is 2. The molecular formula is C11H13N3O2S. The molecule has 0 unspecified atom stereocenters. The summed E-state index contributed by atoms with van der Waals surface area (Å²) < 4.78 is 0. The number of aromatic nitrogens is 1. The molecule has 0 radical (unpaired) electrons. The van der Waals surface area contributed by atoms with Crippen LogP contribution in [0.4, 0.5) is 0 Å². The van der Waals surface area contributed by atoms with Crippen molar-refractivity contribution in [2.45, 2.75) is 17.5 Å². The van der Waals surface area contributed by atoms with Gasteiger partial charge in [-0.05, 0) is 24.8 Å². The van der Waals surface area contributed by atoms with Crippen LogP contribution >= 0.6 is 11.8 Å². The number of carbonyl (C=O) groups is 2. The molecule has 1 aliphatic rings. The minimum Gasteiger partial charge on any atom is -0.354 e. The largest absolute Gasteiger partial charge is 0.354 e. The second kappa shape index (κ2) is 5.18. The van der Waals surface area contributed by atoms with Crippen molar-refractivity contribution >= 4 is 23.6 Å². The third-order valence-electron chi connectivity index (χ3n) is 2.56. The lowest BCUT2D eigenvalue weighted by Crippen LogP contribution is -2.40. The first-order valence-electron chi connectivity index (χ1n) is 5.30. The standard InChI is InChI=1S/C11H13N3O2S/c1-17-11-7(3-2-5-13-11)9(15)14-8-4-6-12-10(8)16/h2-3,5,8H,4,6H2,1H3,(H,12,16)(H,14,15)/t8-/m0/s1. The number of rotatable bonds is 3. The van der Waals surface area contributed by atoms with Crippen LogP contribution in [-0.2, 0) is 4.79 Å². The van der Waals surface area contributed by atoms with Gasteiger partial charge >= 0.3 is 0 Å². The fourth-order valence-corrected chi connectivity index (χ4v) is 2.24. The van der Waals surface area contributed by atoms with Crippen LogP contribution in [0.3, 0.4) is 0 Å². The van der Waals surface area contributed by atoms with Crippen LogP contribution in [-0.4, -0.2) is 35.6 Å². The van der Waals surface area contributed by atoms with Crippen LogP contribution in [0.15, 0.2) is 23.4 Å². The highest BCUT2D eigenvalue weighted by Gasteiger charge is 2.26. The van der Waals surface area contributed by atoms with Crippen molar-refractivity contribution in [3.8, 4) is 0 Å². The second-order valence-corrected chi connectivity index (χ2v) is 4.46. The third-order valence-corrected chi connectivity index (χ3v) is 3.28. The maximum Gasteiger partial charge on any atom is 0.254 e. The average Bonchev–Trinajstić information content (AvgIpc) is 2.75. The Morgan fingerprint density at radius 2 is 2.47 bits per heavy atom. The highest BCUT2D eigenvalue weighted by molar-refractivity contribution is 7.98. The Morgan fingerprint density at radius 3 is 3.12 bits per heavy atom. The van der Waals surface area contributed by atoms with Crippen LogP contribution in [0.5, 0.6) is 0 Å². The van der Waals surface area contributed by atoms with E-state index in [2.05, 4.69) is 15.6 Å². The van der Waals surface area contributed by atoms with Gasteiger partial charge in [0.05, 0.1) is 5.56 Å². The zero-order valence-corrected chi connectivity index (χ0v) is 10.2. The van der Waals surface area contributed by atoms with E-state index in [1.807, 2.05) is 6.26 Å². The van der Waals surface area contributed by atoms with Crippen LogP contribution in [0.2, 0.25) is 0 Å². The molecule has 2 amide bonds. The lowest BCUT2D eigenvalue weighted by molar-refractivity contribution is -0.120. The Labute approximate surface area is 103 Å². The van der Waals surface area contributed by atoms with Gasteiger partial charge in [0.15, 0.2) is 0 Å². The molecule has 2 N–H and O–H groups in total. The lowest BCUT2D eigenvalue weighted by Gasteiger charge is -2.11. The number of thioether (sulfide) groups is 1. The SMILES string of the molecule is CSc1ncccc1C(=O)N[C@H]1CCNC1=O. The Morgan fingerprint density at radius 1 is 1.65 bits per heavy atom. The number of nitrogens with one attached hydrogen (secondary N) is 2. The van der Waals surface area contributed by atoms with Crippen molar-refractivity contribution in [1.29, 1.82) is 0 Å². The maximum atomic E-state index is 12.0. The topological polar surface area (TPSA) is 71.1 Å². The zero-order valence-electron chi connectivity index (χ0n) is 9.40. The fourth-order valence-electron chi connectivity index (χ4n) is 1.69. The van der Waals surface area contributed by atoms with Gasteiger partial charge in [-0.3, -0.25) is 9.59 Å². The molecule has 0 bridgehead atoms. The van der Waals surface area contributed by atoms with Gasteiger partial charge in [-0.1, -0.05) is 0 Å². The molecule has 1 fully saturated rings. The molecule has 0 spiro atoms. The van der Waals surface area contributed by atoms with E-state index in [9.17, 15) is 9.59 Å². The van der Waals surface area contributed by atoms with Gasteiger partial charge in [0.25, 0.3) is 5.91 Å². The summed E-state index contributed by atoms with van der Waals surface area (Å²) >= 11 is 1.41. The summed E-state index contributed by atoms with van der Waals surface area (Å²) in [7, 11) is 0. The van der Waals surface area contributed by atoms with E-state index in [-0.39, 0.29) is 11.8 Å². The predicted molar refractivity (Wildman–Crippen MR) is 64.9 cm³/mol. The summed E-state index contributed by atoms with van der Waals surface area (Å²) in [6.07, 6.45) is 4.14. The highest BCUT2D eigenvalue weighted by Crippen LogP contribution is 2.17. The number of nitrogens with zero attached hydrogens (tertiary/aromatic N) is 1. The van der Waals surface area contributed by atoms with Crippen molar-refractivity contribution < 1.29 is 9.59 Å². The van der Waals surface area contributed by atoms with Crippen molar-refractivity contribution in [2.24, 2.45) is 0 Å². The number of hydrogen-bond donors (Lipinski definition) is 2. The summed E-state index contributed by atoms with van der Waals surface area (Å²) in [6, 6.07) is 3.00. The van der Waals surface area contributed by atoms with E-state index in [1.54, 1.807) is 18.3 Å². The molecule has 0 aromatic carbocycles. The molecule has 1 saturated heterocycles. The molecule has 2 heterocycles. The van der Waals surface area contributed by atoms with Crippen LogP contribution in [0.1, 0.15) is 16.8 Å². The molecule has 0 saturated carbocycles. The molecule has 2 rings (SSSR count). The van der Waals surface area contributed by atoms with Crippen molar-refractivity contribution in [1.82, 2.24) is 15.6 Å². The van der Waals surface area contributed by atoms with Crippen LogP contribution in [0, 0.1) is 0 Å². The van der Waals surface area contributed by atoms with Crippen LogP contribution < -0.4 is 10.6 Å². The predicted octanol–water partition coefficient (Wildman–Crippen LogP) is 0.422. The molecule has 1 atom stereocenters. The van der Waals surface area contributed by atoms with Crippen molar-refractivity contribution in [3.05, 3.63) is 23.9 Å². The summed E-state index contributed by atoms with van der Waals surface area (Å²) in [5.74, 6) is -0.363. The van der Waals surface area contributed by atoms with Gasteiger partial charge in [0, 0.05) is 12.7 Å². The van der Waals surface area contributed by atoms with Gasteiger partial charge in [0.2, 0.25) is 5.91 Å². The molecule has 1 aliphatic heterocycles. The monoisotopic (exact) mass is 251 g/mol. The van der Waals surface area contributed by atoms with E-state index in [1.165, 1.54) is 11.8 Å². The Bertz CT molecular complexity index is 450. The minimum absolute atomic E-state index is 0.118. The molecule has 17 heavy (non-hydrogen) atoms. The summed E-state index contributed by atoms with van der Waals surface area (Å²) in [4.78, 5) is 27.4. The number of pyridine rings is 1. The fraction of sp³-hybridized carbons (Fsp3) is 0.364. The molecule has 1 aromatic rings. The molecule has 0 aliphatic carbocycles. The summed E-state index contributed by atoms with van der Waals surface area (Å²) in [6.45, 7) is 0.617. The van der Waals surface area contributed by atoms with Crippen molar-refractivity contribution in [3.63, 3.8) is 0 Å². The van der Waals surface area contributed by atoms with E-state index < -0.39 is 6.04 Å². The first-order valence-corrected chi connectivity index (χ1v) is 6.52. The number of carbonyl (C=O) groups excluding carboxylic acids is 2. The zero-order chi connectivity index (χ0) is 12.3. The van der Waals surface area contributed by atoms with Gasteiger partial charge < -0.3 is 10.6 Å². The molecule has 6 heteroatoms. The normalized spacial score (nSPS) is 18.9. The smallest absolute Gasteiger partial charge is 0.254 e. The first-order chi connectivity index (χ1) is 8.22. The Hall–Kier alpha value is -1.56. The third kappa shape index (κ3) is 2.58.